The Kier molecular flexibility index (Phi) is 4.78. The van der Waals surface area contributed by atoms with E-state index >= 15 is 0 Å². The first-order valence-electron chi connectivity index (χ1n) is 7.77. The van der Waals surface area contributed by atoms with Crippen LogP contribution >= 0.6 is 0 Å². The van der Waals surface area contributed by atoms with Crippen molar-refractivity contribution in [1.82, 2.24) is 0 Å². The SMILES string of the molecule is O=C(O)CN(c1cccc([N+](=O)[O-])c1)S(=O)(=O)c1ccc2ccccc2c1. The van der Waals surface area contributed by atoms with E-state index in [0.29, 0.717) is 9.69 Å². The molecule has 0 bridgehead atoms. The smallest absolute Gasteiger partial charge is 0.324 e. The van der Waals surface area contributed by atoms with Crippen LogP contribution in [0.15, 0.2) is 71.6 Å². The number of carboxylic acid groups (broad SMARTS) is 1. The average Bonchev–Trinajstić information content (AvgIpc) is 2.65. The molecule has 0 aliphatic rings. The molecule has 138 valence electrons. The van der Waals surface area contributed by atoms with Gasteiger partial charge in [-0.1, -0.05) is 36.4 Å². The lowest BCUT2D eigenvalue weighted by Gasteiger charge is -2.22. The summed E-state index contributed by atoms with van der Waals surface area (Å²) >= 11 is 0. The fourth-order valence-corrected chi connectivity index (χ4v) is 4.10. The van der Waals surface area contributed by atoms with Gasteiger partial charge in [-0.25, -0.2) is 8.42 Å². The number of fused-ring (bicyclic) bond motifs is 1. The first kappa shape index (κ1) is 18.3. The van der Waals surface area contributed by atoms with Crippen LogP contribution in [-0.2, 0) is 14.8 Å². The fraction of sp³-hybridized carbons (Fsp3) is 0.0556. The number of benzene rings is 3. The van der Waals surface area contributed by atoms with E-state index in [9.17, 15) is 23.3 Å². The Hall–Kier alpha value is -3.46. The number of hydrogen-bond acceptors (Lipinski definition) is 5. The molecule has 3 aromatic rings. The number of anilines is 1. The lowest BCUT2D eigenvalue weighted by atomic mass is 10.1. The van der Waals surface area contributed by atoms with E-state index in [4.69, 9.17) is 5.11 Å². The molecule has 3 rings (SSSR count). The molecule has 8 nitrogen and oxygen atoms in total. The molecule has 0 atom stereocenters. The van der Waals surface area contributed by atoms with Crippen molar-refractivity contribution in [2.45, 2.75) is 4.90 Å². The summed E-state index contributed by atoms with van der Waals surface area (Å²) < 4.78 is 26.8. The van der Waals surface area contributed by atoms with Gasteiger partial charge in [0.2, 0.25) is 0 Å². The summed E-state index contributed by atoms with van der Waals surface area (Å²) in [6.45, 7) is -0.865. The normalized spacial score (nSPS) is 11.3. The van der Waals surface area contributed by atoms with E-state index in [1.54, 1.807) is 18.2 Å². The highest BCUT2D eigenvalue weighted by molar-refractivity contribution is 7.92. The highest BCUT2D eigenvalue weighted by atomic mass is 32.2. The number of sulfonamides is 1. The van der Waals surface area contributed by atoms with Crippen molar-refractivity contribution in [3.8, 4) is 0 Å². The second-order valence-electron chi connectivity index (χ2n) is 5.69. The number of nitrogens with zero attached hydrogens (tertiary/aromatic N) is 2. The van der Waals surface area contributed by atoms with Gasteiger partial charge in [-0.05, 0) is 29.0 Å². The van der Waals surface area contributed by atoms with Crippen molar-refractivity contribution in [2.24, 2.45) is 0 Å². The summed E-state index contributed by atoms with van der Waals surface area (Å²) in [5.41, 5.74) is -0.434. The number of hydrogen-bond donors (Lipinski definition) is 1. The molecule has 0 unspecified atom stereocenters. The molecule has 0 heterocycles. The van der Waals surface area contributed by atoms with Gasteiger partial charge >= 0.3 is 5.97 Å². The number of carboxylic acids is 1. The predicted molar refractivity (Wildman–Crippen MR) is 99.2 cm³/mol. The van der Waals surface area contributed by atoms with Gasteiger partial charge < -0.3 is 5.11 Å². The molecule has 0 aliphatic heterocycles. The van der Waals surface area contributed by atoms with Gasteiger partial charge in [0.15, 0.2) is 0 Å². The Morgan fingerprint density at radius 2 is 1.70 bits per heavy atom. The topological polar surface area (TPSA) is 118 Å². The highest BCUT2D eigenvalue weighted by Gasteiger charge is 2.28. The molecule has 0 amide bonds. The summed E-state index contributed by atoms with van der Waals surface area (Å²) in [5, 5.41) is 21.7. The Labute approximate surface area is 154 Å². The zero-order valence-corrected chi connectivity index (χ0v) is 14.7. The summed E-state index contributed by atoms with van der Waals surface area (Å²) in [7, 11) is -4.25. The first-order valence-corrected chi connectivity index (χ1v) is 9.21. The number of nitro groups is 1. The van der Waals surface area contributed by atoms with E-state index in [2.05, 4.69) is 0 Å². The molecular weight excluding hydrogens is 372 g/mol. The minimum atomic E-state index is -4.25. The predicted octanol–water partition coefficient (Wildman–Crippen LogP) is 3.03. The third-order valence-electron chi connectivity index (χ3n) is 3.92. The quantitative estimate of drug-likeness (QED) is 0.514. The summed E-state index contributed by atoms with van der Waals surface area (Å²) in [6.07, 6.45) is 0. The zero-order chi connectivity index (χ0) is 19.6. The van der Waals surface area contributed by atoms with Crippen LogP contribution < -0.4 is 4.31 Å². The van der Waals surface area contributed by atoms with Crippen LogP contribution in [-0.4, -0.2) is 31.0 Å². The molecule has 0 radical (unpaired) electrons. The van der Waals surface area contributed by atoms with Crippen LogP contribution in [0.1, 0.15) is 0 Å². The number of rotatable bonds is 6. The second kappa shape index (κ2) is 7.04. The monoisotopic (exact) mass is 386 g/mol. The van der Waals surface area contributed by atoms with Crippen molar-refractivity contribution in [3.05, 3.63) is 76.8 Å². The van der Waals surface area contributed by atoms with E-state index < -0.39 is 27.5 Å². The maximum atomic E-state index is 13.1. The van der Waals surface area contributed by atoms with Crippen LogP contribution in [0.3, 0.4) is 0 Å². The van der Waals surface area contributed by atoms with E-state index in [-0.39, 0.29) is 16.3 Å². The molecule has 27 heavy (non-hydrogen) atoms. The Morgan fingerprint density at radius 1 is 1.00 bits per heavy atom. The lowest BCUT2D eigenvalue weighted by molar-refractivity contribution is -0.384. The van der Waals surface area contributed by atoms with Gasteiger partial charge in [0.05, 0.1) is 15.5 Å². The largest absolute Gasteiger partial charge is 0.480 e. The third kappa shape index (κ3) is 3.72. The van der Waals surface area contributed by atoms with Gasteiger partial charge in [-0.15, -0.1) is 0 Å². The van der Waals surface area contributed by atoms with Crippen LogP contribution in [0.4, 0.5) is 11.4 Å². The van der Waals surface area contributed by atoms with Crippen LogP contribution in [0.5, 0.6) is 0 Å². The highest BCUT2D eigenvalue weighted by Crippen LogP contribution is 2.28. The first-order chi connectivity index (χ1) is 12.8. The molecule has 0 spiro atoms. The van der Waals surface area contributed by atoms with Gasteiger partial charge in [-0.2, -0.15) is 0 Å². The van der Waals surface area contributed by atoms with Gasteiger partial charge in [0.1, 0.15) is 6.54 Å². The van der Waals surface area contributed by atoms with Crippen LogP contribution in [0.25, 0.3) is 10.8 Å². The molecule has 3 aromatic carbocycles. The van der Waals surface area contributed by atoms with Crippen molar-refractivity contribution in [3.63, 3.8) is 0 Å². The number of nitro benzene ring substituents is 1. The molecule has 1 N–H and O–H groups in total. The van der Waals surface area contributed by atoms with E-state index in [0.717, 1.165) is 11.5 Å². The van der Waals surface area contributed by atoms with Crippen molar-refractivity contribution in [2.75, 3.05) is 10.8 Å². The molecule has 0 saturated heterocycles. The van der Waals surface area contributed by atoms with Crippen LogP contribution in [0.2, 0.25) is 0 Å². The maximum absolute atomic E-state index is 13.1. The molecule has 0 aliphatic carbocycles. The molecule has 0 fully saturated rings. The Bertz CT molecular complexity index is 1140. The molecule has 9 heteroatoms. The number of aliphatic carboxylic acids is 1. The molecular formula is C18H14N2O6S. The second-order valence-corrected chi connectivity index (χ2v) is 7.55. The standard InChI is InChI=1S/C18H14N2O6S/c21-18(22)12-19(15-6-3-7-16(11-15)20(23)24)27(25,26)17-9-8-13-4-1-2-5-14(13)10-17/h1-11H,12H2,(H,21,22). The van der Waals surface area contributed by atoms with Gasteiger partial charge in [-0.3, -0.25) is 19.2 Å². The molecule has 0 aromatic heterocycles. The number of carbonyl (C=O) groups is 1. The number of non-ortho nitro benzene ring substituents is 1. The minimum absolute atomic E-state index is 0.0974. The van der Waals surface area contributed by atoms with Crippen molar-refractivity contribution >= 4 is 38.1 Å². The third-order valence-corrected chi connectivity index (χ3v) is 5.69. The van der Waals surface area contributed by atoms with Gasteiger partial charge in [0.25, 0.3) is 15.7 Å². The summed E-state index contributed by atoms with van der Waals surface area (Å²) in [6, 6.07) is 16.4. The average molecular weight is 386 g/mol. The zero-order valence-electron chi connectivity index (χ0n) is 13.8. The van der Waals surface area contributed by atoms with E-state index in [1.165, 1.54) is 30.3 Å². The summed E-state index contributed by atoms with van der Waals surface area (Å²) in [4.78, 5) is 21.5. The van der Waals surface area contributed by atoms with Crippen molar-refractivity contribution in [1.29, 1.82) is 0 Å². The van der Waals surface area contributed by atoms with E-state index in [1.807, 2.05) is 12.1 Å². The van der Waals surface area contributed by atoms with Crippen molar-refractivity contribution < 1.29 is 23.2 Å². The maximum Gasteiger partial charge on any atom is 0.324 e. The van der Waals surface area contributed by atoms with Gasteiger partial charge in [0, 0.05) is 12.1 Å². The molecule has 0 saturated carbocycles. The lowest BCUT2D eigenvalue weighted by Crippen LogP contribution is -2.35. The van der Waals surface area contributed by atoms with Crippen LogP contribution in [0, 0.1) is 10.1 Å². The Balaban J connectivity index is 2.13. The Morgan fingerprint density at radius 3 is 2.37 bits per heavy atom. The summed E-state index contributed by atoms with van der Waals surface area (Å²) in [5.74, 6) is -1.38. The fourth-order valence-electron chi connectivity index (χ4n) is 2.65. The minimum Gasteiger partial charge on any atom is -0.480 e.